The molecule has 3 atom stereocenters. The highest BCUT2D eigenvalue weighted by atomic mass is 32.1. The van der Waals surface area contributed by atoms with Gasteiger partial charge in [-0.15, -0.1) is 0 Å². The van der Waals surface area contributed by atoms with Crippen LogP contribution < -0.4 is 5.32 Å². The molecule has 86 valence electrons. The summed E-state index contributed by atoms with van der Waals surface area (Å²) in [5.74, 6) is 2.34. The maximum atomic E-state index is 4.37. The fourth-order valence-electron chi connectivity index (χ4n) is 3.05. The SMILES string of the molecule is Cc1nsc(NC2C3Cc4ccccc4C32)n1. The van der Waals surface area contributed by atoms with E-state index in [0.717, 1.165) is 16.9 Å². The first-order valence-electron chi connectivity index (χ1n) is 5.97. The Bertz CT molecular complexity index is 578. The third-order valence-electron chi connectivity index (χ3n) is 3.86. The summed E-state index contributed by atoms with van der Waals surface area (Å²) in [7, 11) is 0. The van der Waals surface area contributed by atoms with E-state index in [-0.39, 0.29) is 0 Å². The Kier molecular flexibility index (Phi) is 1.86. The van der Waals surface area contributed by atoms with Gasteiger partial charge < -0.3 is 5.32 Å². The van der Waals surface area contributed by atoms with Crippen LogP contribution in [-0.2, 0) is 6.42 Å². The Hall–Kier alpha value is -1.42. The average Bonchev–Trinajstić information content (AvgIpc) is 2.72. The lowest BCUT2D eigenvalue weighted by Crippen LogP contribution is -2.09. The lowest BCUT2D eigenvalue weighted by molar-refractivity contribution is 0.823. The van der Waals surface area contributed by atoms with Crippen molar-refractivity contribution in [2.45, 2.75) is 25.3 Å². The molecular weight excluding hydrogens is 230 g/mol. The normalized spacial score (nSPS) is 28.6. The van der Waals surface area contributed by atoms with Crippen molar-refractivity contribution in [2.75, 3.05) is 5.32 Å². The van der Waals surface area contributed by atoms with Crippen LogP contribution in [0.4, 0.5) is 5.13 Å². The molecule has 1 aromatic heterocycles. The minimum absolute atomic E-state index is 0.581. The predicted molar refractivity (Wildman–Crippen MR) is 68.4 cm³/mol. The molecule has 2 aliphatic rings. The molecule has 4 rings (SSSR count). The molecule has 0 aliphatic heterocycles. The number of nitrogens with one attached hydrogen (secondary N) is 1. The van der Waals surface area contributed by atoms with Crippen LogP contribution in [0.3, 0.4) is 0 Å². The monoisotopic (exact) mass is 243 g/mol. The van der Waals surface area contributed by atoms with Crippen LogP contribution in [0.15, 0.2) is 24.3 Å². The maximum absolute atomic E-state index is 4.37. The van der Waals surface area contributed by atoms with E-state index in [1.54, 1.807) is 0 Å². The second kappa shape index (κ2) is 3.29. The van der Waals surface area contributed by atoms with Crippen molar-refractivity contribution in [3.63, 3.8) is 0 Å². The van der Waals surface area contributed by atoms with Gasteiger partial charge in [0.1, 0.15) is 5.82 Å². The molecule has 0 radical (unpaired) electrons. The van der Waals surface area contributed by atoms with E-state index in [1.165, 1.54) is 29.1 Å². The van der Waals surface area contributed by atoms with E-state index in [1.807, 2.05) is 6.92 Å². The number of fused-ring (bicyclic) bond motifs is 3. The van der Waals surface area contributed by atoms with Crippen molar-refractivity contribution in [2.24, 2.45) is 5.92 Å². The summed E-state index contributed by atoms with van der Waals surface area (Å²) in [5.41, 5.74) is 3.07. The Labute approximate surface area is 104 Å². The molecule has 1 saturated carbocycles. The third kappa shape index (κ3) is 1.40. The van der Waals surface area contributed by atoms with Gasteiger partial charge in [-0.2, -0.15) is 4.37 Å². The highest BCUT2D eigenvalue weighted by molar-refractivity contribution is 7.09. The minimum atomic E-state index is 0.581. The van der Waals surface area contributed by atoms with Crippen molar-refractivity contribution in [1.82, 2.24) is 9.36 Å². The fourth-order valence-corrected chi connectivity index (χ4v) is 3.67. The molecule has 17 heavy (non-hydrogen) atoms. The molecule has 3 unspecified atom stereocenters. The van der Waals surface area contributed by atoms with Crippen molar-refractivity contribution in [3.05, 3.63) is 41.2 Å². The average molecular weight is 243 g/mol. The van der Waals surface area contributed by atoms with E-state index >= 15 is 0 Å². The number of rotatable bonds is 2. The second-order valence-electron chi connectivity index (χ2n) is 4.91. The fraction of sp³-hybridized carbons (Fsp3) is 0.385. The molecule has 1 fully saturated rings. The Morgan fingerprint density at radius 1 is 1.35 bits per heavy atom. The Balaban J connectivity index is 1.55. The smallest absolute Gasteiger partial charge is 0.202 e. The van der Waals surface area contributed by atoms with Gasteiger partial charge in [0.05, 0.1) is 0 Å². The zero-order chi connectivity index (χ0) is 11.4. The van der Waals surface area contributed by atoms with Crippen LogP contribution in [0.25, 0.3) is 0 Å². The standard InChI is InChI=1S/C13H13N3S/c1-7-14-13(17-16-7)15-12-10-6-8-4-2-3-5-9(8)11(10)12/h2-5,10-12H,6H2,1H3,(H,14,15,16). The summed E-state index contributed by atoms with van der Waals surface area (Å²) in [4.78, 5) is 4.37. The number of hydrogen-bond donors (Lipinski definition) is 1. The van der Waals surface area contributed by atoms with E-state index in [2.05, 4.69) is 38.9 Å². The van der Waals surface area contributed by atoms with Crippen LogP contribution in [0, 0.1) is 12.8 Å². The first kappa shape index (κ1) is 9.59. The number of anilines is 1. The van der Waals surface area contributed by atoms with E-state index in [9.17, 15) is 0 Å². The van der Waals surface area contributed by atoms with Crippen LogP contribution in [0.1, 0.15) is 22.9 Å². The molecule has 0 bridgehead atoms. The maximum Gasteiger partial charge on any atom is 0.202 e. The van der Waals surface area contributed by atoms with Crippen molar-refractivity contribution in [1.29, 1.82) is 0 Å². The van der Waals surface area contributed by atoms with Gasteiger partial charge in [0, 0.05) is 23.5 Å². The molecule has 2 aliphatic carbocycles. The van der Waals surface area contributed by atoms with Gasteiger partial charge in [-0.25, -0.2) is 4.98 Å². The number of nitrogens with zero attached hydrogens (tertiary/aromatic N) is 2. The molecular formula is C13H13N3S. The summed E-state index contributed by atoms with van der Waals surface area (Å²) in [5, 5.41) is 4.50. The predicted octanol–water partition coefficient (Wildman–Crippen LogP) is 2.60. The lowest BCUT2D eigenvalue weighted by atomic mass is 10.1. The first-order valence-corrected chi connectivity index (χ1v) is 6.75. The van der Waals surface area contributed by atoms with Crippen LogP contribution in [-0.4, -0.2) is 15.4 Å². The minimum Gasteiger partial charge on any atom is -0.357 e. The van der Waals surface area contributed by atoms with Crippen molar-refractivity contribution < 1.29 is 0 Å². The van der Waals surface area contributed by atoms with Gasteiger partial charge in [-0.3, -0.25) is 0 Å². The summed E-state index contributed by atoms with van der Waals surface area (Å²) in [6, 6.07) is 9.39. The van der Waals surface area contributed by atoms with Crippen molar-refractivity contribution >= 4 is 16.7 Å². The summed E-state index contributed by atoms with van der Waals surface area (Å²) < 4.78 is 4.20. The molecule has 1 N–H and O–H groups in total. The third-order valence-corrected chi connectivity index (χ3v) is 4.59. The molecule has 1 heterocycles. The number of hydrogen-bond acceptors (Lipinski definition) is 4. The number of benzene rings is 1. The van der Waals surface area contributed by atoms with Gasteiger partial charge in [0.2, 0.25) is 5.13 Å². The quantitative estimate of drug-likeness (QED) is 0.881. The molecule has 3 nitrogen and oxygen atoms in total. The van der Waals surface area contributed by atoms with Crippen molar-refractivity contribution in [3.8, 4) is 0 Å². The lowest BCUT2D eigenvalue weighted by Gasteiger charge is -2.07. The van der Waals surface area contributed by atoms with Gasteiger partial charge in [-0.05, 0) is 30.4 Å². The largest absolute Gasteiger partial charge is 0.357 e. The summed E-state index contributed by atoms with van der Waals surface area (Å²) in [6.07, 6.45) is 1.22. The van der Waals surface area contributed by atoms with Crippen LogP contribution in [0.2, 0.25) is 0 Å². The highest BCUT2D eigenvalue weighted by Crippen LogP contribution is 2.57. The van der Waals surface area contributed by atoms with Crippen LogP contribution in [0.5, 0.6) is 0 Å². The van der Waals surface area contributed by atoms with E-state index in [0.29, 0.717) is 12.0 Å². The number of aromatic nitrogens is 2. The molecule has 1 aromatic carbocycles. The summed E-state index contributed by atoms with van der Waals surface area (Å²) >= 11 is 1.47. The zero-order valence-electron chi connectivity index (χ0n) is 9.55. The molecule has 0 amide bonds. The zero-order valence-corrected chi connectivity index (χ0v) is 10.4. The second-order valence-corrected chi connectivity index (χ2v) is 5.66. The van der Waals surface area contributed by atoms with E-state index in [4.69, 9.17) is 0 Å². The molecule has 0 saturated heterocycles. The number of aryl methyl sites for hydroxylation is 1. The van der Waals surface area contributed by atoms with Gasteiger partial charge in [0.25, 0.3) is 0 Å². The Morgan fingerprint density at radius 2 is 2.24 bits per heavy atom. The topological polar surface area (TPSA) is 37.8 Å². The Morgan fingerprint density at radius 3 is 3.06 bits per heavy atom. The summed E-state index contributed by atoms with van der Waals surface area (Å²) in [6.45, 7) is 1.94. The molecule has 4 heteroatoms. The first-order chi connectivity index (χ1) is 8.33. The molecule has 2 aromatic rings. The van der Waals surface area contributed by atoms with Gasteiger partial charge in [0.15, 0.2) is 0 Å². The van der Waals surface area contributed by atoms with Crippen LogP contribution >= 0.6 is 11.5 Å². The van der Waals surface area contributed by atoms with E-state index < -0.39 is 0 Å². The van der Waals surface area contributed by atoms with Gasteiger partial charge >= 0.3 is 0 Å². The van der Waals surface area contributed by atoms with Gasteiger partial charge in [-0.1, -0.05) is 24.3 Å². The highest BCUT2D eigenvalue weighted by Gasteiger charge is 2.55. The molecule has 0 spiro atoms.